The molecule has 0 spiro atoms. The summed E-state index contributed by atoms with van der Waals surface area (Å²) < 4.78 is 10.8. The number of hydrogen-bond donors (Lipinski definition) is 1. The van der Waals surface area contributed by atoms with E-state index in [9.17, 15) is 0 Å². The molecule has 1 aliphatic rings. The van der Waals surface area contributed by atoms with Crippen LogP contribution in [-0.4, -0.2) is 31.3 Å². The van der Waals surface area contributed by atoms with Crippen LogP contribution >= 0.6 is 0 Å². The third kappa shape index (κ3) is 2.14. The van der Waals surface area contributed by atoms with Crippen LogP contribution in [0.5, 0.6) is 11.5 Å². The van der Waals surface area contributed by atoms with Gasteiger partial charge in [-0.3, -0.25) is 4.98 Å². The molecule has 0 amide bonds. The molecule has 1 atom stereocenters. The van der Waals surface area contributed by atoms with Gasteiger partial charge in [-0.15, -0.1) is 0 Å². The van der Waals surface area contributed by atoms with E-state index in [2.05, 4.69) is 10.3 Å². The number of ether oxygens (including phenoxy) is 2. The van der Waals surface area contributed by atoms with Gasteiger partial charge < -0.3 is 14.8 Å². The molecule has 0 radical (unpaired) electrons. The molecule has 0 bridgehead atoms. The fourth-order valence-corrected chi connectivity index (χ4v) is 1.50. The van der Waals surface area contributed by atoms with Crippen LogP contribution < -0.4 is 14.8 Å². The van der Waals surface area contributed by atoms with E-state index < -0.39 is 0 Å². The van der Waals surface area contributed by atoms with Gasteiger partial charge in [0.1, 0.15) is 17.6 Å². The van der Waals surface area contributed by atoms with Crippen LogP contribution in [-0.2, 0) is 0 Å². The van der Waals surface area contributed by atoms with Gasteiger partial charge in [-0.25, -0.2) is 0 Å². The maximum absolute atomic E-state index is 5.71. The van der Waals surface area contributed by atoms with Crippen LogP contribution in [0.3, 0.4) is 0 Å². The minimum absolute atomic E-state index is 0.268. The molecule has 1 N–H and O–H groups in total. The van der Waals surface area contributed by atoms with Gasteiger partial charge >= 0.3 is 0 Å². The normalized spacial score (nSPS) is 20.8. The minimum atomic E-state index is 0.268. The molecule has 2 heterocycles. The van der Waals surface area contributed by atoms with E-state index in [1.165, 1.54) is 0 Å². The molecule has 1 unspecified atom stereocenters. The summed E-state index contributed by atoms with van der Waals surface area (Å²) in [5.41, 5.74) is 0. The molecule has 76 valence electrons. The predicted molar refractivity (Wildman–Crippen MR) is 52.7 cm³/mol. The summed E-state index contributed by atoms with van der Waals surface area (Å²) >= 11 is 0. The van der Waals surface area contributed by atoms with Gasteiger partial charge in [0.15, 0.2) is 0 Å². The number of nitrogens with zero attached hydrogens (tertiary/aromatic N) is 1. The Morgan fingerprint density at radius 3 is 3.00 bits per heavy atom. The Balaban J connectivity index is 2.00. The fraction of sp³-hybridized carbons (Fsp3) is 0.500. The second-order valence-electron chi connectivity index (χ2n) is 3.29. The third-order valence-electron chi connectivity index (χ3n) is 2.24. The molecule has 0 aliphatic carbocycles. The molecule has 0 saturated carbocycles. The Labute approximate surface area is 83.2 Å². The lowest BCUT2D eigenvalue weighted by Crippen LogP contribution is -2.19. The molecule has 4 nitrogen and oxygen atoms in total. The molecule has 4 heteroatoms. The van der Waals surface area contributed by atoms with E-state index in [0.29, 0.717) is 0 Å². The molecule has 1 saturated heterocycles. The van der Waals surface area contributed by atoms with Crippen molar-refractivity contribution in [1.29, 1.82) is 0 Å². The van der Waals surface area contributed by atoms with Crippen molar-refractivity contribution >= 4 is 0 Å². The SMILES string of the molecule is COc1cncc(OC2CCNC2)c1. The highest BCUT2D eigenvalue weighted by Gasteiger charge is 2.15. The molecule has 0 aromatic carbocycles. The lowest BCUT2D eigenvalue weighted by molar-refractivity contribution is 0.221. The van der Waals surface area contributed by atoms with Gasteiger partial charge in [0.25, 0.3) is 0 Å². The van der Waals surface area contributed by atoms with Crippen molar-refractivity contribution in [3.05, 3.63) is 18.5 Å². The van der Waals surface area contributed by atoms with Gasteiger partial charge in [-0.1, -0.05) is 0 Å². The van der Waals surface area contributed by atoms with E-state index in [0.717, 1.165) is 31.0 Å². The van der Waals surface area contributed by atoms with Crippen LogP contribution in [0.1, 0.15) is 6.42 Å². The highest BCUT2D eigenvalue weighted by molar-refractivity contribution is 5.28. The first-order chi connectivity index (χ1) is 6.88. The van der Waals surface area contributed by atoms with Crippen molar-refractivity contribution in [3.63, 3.8) is 0 Å². The third-order valence-corrected chi connectivity index (χ3v) is 2.24. The molecule has 14 heavy (non-hydrogen) atoms. The Morgan fingerprint density at radius 2 is 2.29 bits per heavy atom. The van der Waals surface area contributed by atoms with Gasteiger partial charge in [0.2, 0.25) is 0 Å². The largest absolute Gasteiger partial charge is 0.495 e. The number of pyridine rings is 1. The second kappa shape index (κ2) is 4.28. The van der Waals surface area contributed by atoms with E-state index in [1.807, 2.05) is 6.07 Å². The summed E-state index contributed by atoms with van der Waals surface area (Å²) in [5.74, 6) is 1.51. The number of nitrogens with one attached hydrogen (secondary N) is 1. The molecular formula is C10H14N2O2. The van der Waals surface area contributed by atoms with Crippen LogP contribution in [0.25, 0.3) is 0 Å². The lowest BCUT2D eigenvalue weighted by Gasteiger charge is -2.12. The first-order valence-electron chi connectivity index (χ1n) is 4.75. The summed E-state index contributed by atoms with van der Waals surface area (Å²) in [4.78, 5) is 4.03. The predicted octanol–water partition coefficient (Wildman–Crippen LogP) is 0.831. The number of aromatic nitrogens is 1. The van der Waals surface area contributed by atoms with Crippen molar-refractivity contribution < 1.29 is 9.47 Å². The molecule has 1 aromatic rings. The minimum Gasteiger partial charge on any atom is -0.495 e. The zero-order valence-corrected chi connectivity index (χ0v) is 8.19. The molecule has 1 aromatic heterocycles. The smallest absolute Gasteiger partial charge is 0.141 e. The van der Waals surface area contributed by atoms with E-state index in [1.54, 1.807) is 19.5 Å². The molecule has 2 rings (SSSR count). The van der Waals surface area contributed by atoms with E-state index >= 15 is 0 Å². The summed E-state index contributed by atoms with van der Waals surface area (Å²) in [5, 5.41) is 3.24. The molecular weight excluding hydrogens is 180 g/mol. The molecule has 1 fully saturated rings. The average molecular weight is 194 g/mol. The van der Waals surface area contributed by atoms with Crippen molar-refractivity contribution in [2.24, 2.45) is 0 Å². The maximum Gasteiger partial charge on any atom is 0.141 e. The first-order valence-corrected chi connectivity index (χ1v) is 4.75. The van der Waals surface area contributed by atoms with Crippen molar-refractivity contribution in [1.82, 2.24) is 10.3 Å². The summed E-state index contributed by atoms with van der Waals surface area (Å²) in [6.45, 7) is 1.94. The highest BCUT2D eigenvalue weighted by Crippen LogP contribution is 2.19. The first kappa shape index (κ1) is 9.27. The van der Waals surface area contributed by atoms with Gasteiger partial charge in [-0.05, 0) is 13.0 Å². The average Bonchev–Trinajstić information content (AvgIpc) is 2.71. The standard InChI is InChI=1S/C10H14N2O2/c1-13-9-4-10(7-12-6-9)14-8-2-3-11-5-8/h4,6-8,11H,2-3,5H2,1H3. The monoisotopic (exact) mass is 194 g/mol. The van der Waals surface area contributed by atoms with Crippen molar-refractivity contribution in [3.8, 4) is 11.5 Å². The summed E-state index contributed by atoms with van der Waals surface area (Å²) in [6, 6.07) is 1.85. The number of hydrogen-bond acceptors (Lipinski definition) is 4. The second-order valence-corrected chi connectivity index (χ2v) is 3.29. The lowest BCUT2D eigenvalue weighted by atomic mass is 10.3. The number of methoxy groups -OCH3 is 1. The molecule has 1 aliphatic heterocycles. The zero-order chi connectivity index (χ0) is 9.80. The van der Waals surface area contributed by atoms with Crippen LogP contribution in [0.15, 0.2) is 18.5 Å². The van der Waals surface area contributed by atoms with Gasteiger partial charge in [0.05, 0.1) is 19.5 Å². The van der Waals surface area contributed by atoms with Crippen molar-refractivity contribution in [2.75, 3.05) is 20.2 Å². The number of rotatable bonds is 3. The van der Waals surface area contributed by atoms with E-state index in [4.69, 9.17) is 9.47 Å². The Bertz CT molecular complexity index is 298. The van der Waals surface area contributed by atoms with Crippen LogP contribution in [0.4, 0.5) is 0 Å². The zero-order valence-electron chi connectivity index (χ0n) is 8.19. The van der Waals surface area contributed by atoms with Gasteiger partial charge in [-0.2, -0.15) is 0 Å². The van der Waals surface area contributed by atoms with Gasteiger partial charge in [0, 0.05) is 12.6 Å². The maximum atomic E-state index is 5.71. The Morgan fingerprint density at radius 1 is 1.43 bits per heavy atom. The van der Waals surface area contributed by atoms with E-state index in [-0.39, 0.29) is 6.10 Å². The Hall–Kier alpha value is -1.29. The Kier molecular flexibility index (Phi) is 2.84. The fourth-order valence-electron chi connectivity index (χ4n) is 1.50. The topological polar surface area (TPSA) is 43.4 Å². The van der Waals surface area contributed by atoms with Crippen LogP contribution in [0, 0.1) is 0 Å². The van der Waals surface area contributed by atoms with Crippen molar-refractivity contribution in [2.45, 2.75) is 12.5 Å². The summed E-state index contributed by atoms with van der Waals surface area (Å²) in [7, 11) is 1.62. The quantitative estimate of drug-likeness (QED) is 0.774. The van der Waals surface area contributed by atoms with Crippen LogP contribution in [0.2, 0.25) is 0 Å². The highest BCUT2D eigenvalue weighted by atomic mass is 16.5. The summed E-state index contributed by atoms with van der Waals surface area (Å²) in [6.07, 6.45) is 4.70.